The van der Waals surface area contributed by atoms with E-state index in [2.05, 4.69) is 10.0 Å². The maximum Gasteiger partial charge on any atom is 0.242 e. The second-order valence-electron chi connectivity index (χ2n) is 4.50. The molecule has 0 heterocycles. The molecule has 0 aliphatic rings. The van der Waals surface area contributed by atoms with Gasteiger partial charge in [0.2, 0.25) is 15.9 Å². The average molecular weight is 310 g/mol. The van der Waals surface area contributed by atoms with Gasteiger partial charge in [0, 0.05) is 12.2 Å². The SMILES string of the molecule is CCCNC(=O)C(C)NS(=O)(=O)c1ccc(N)cc1C#N. The van der Waals surface area contributed by atoms with Gasteiger partial charge in [0.1, 0.15) is 6.07 Å². The minimum Gasteiger partial charge on any atom is -0.399 e. The first-order valence-corrected chi connectivity index (χ1v) is 7.89. The highest BCUT2D eigenvalue weighted by Crippen LogP contribution is 2.18. The molecule has 1 amide bonds. The van der Waals surface area contributed by atoms with Crippen LogP contribution in [0, 0.1) is 11.3 Å². The minimum atomic E-state index is -3.98. The number of hydrogen-bond acceptors (Lipinski definition) is 5. The van der Waals surface area contributed by atoms with Crippen LogP contribution in [0.15, 0.2) is 23.1 Å². The molecule has 8 heteroatoms. The molecule has 0 spiro atoms. The van der Waals surface area contributed by atoms with Crippen molar-refractivity contribution in [1.29, 1.82) is 5.26 Å². The fraction of sp³-hybridized carbons (Fsp3) is 0.385. The molecule has 114 valence electrons. The number of nitrogens with two attached hydrogens (primary N) is 1. The molecule has 0 saturated heterocycles. The fourth-order valence-electron chi connectivity index (χ4n) is 1.62. The molecule has 0 saturated carbocycles. The van der Waals surface area contributed by atoms with E-state index in [-0.39, 0.29) is 10.5 Å². The van der Waals surface area contributed by atoms with Crippen LogP contribution in [0.3, 0.4) is 0 Å². The quantitative estimate of drug-likeness (QED) is 0.653. The van der Waals surface area contributed by atoms with Gasteiger partial charge in [0.15, 0.2) is 0 Å². The lowest BCUT2D eigenvalue weighted by Gasteiger charge is -2.15. The highest BCUT2D eigenvalue weighted by atomic mass is 32.2. The summed E-state index contributed by atoms with van der Waals surface area (Å²) in [7, 11) is -3.98. The van der Waals surface area contributed by atoms with Gasteiger partial charge in [-0.15, -0.1) is 0 Å². The van der Waals surface area contributed by atoms with Gasteiger partial charge in [-0.2, -0.15) is 9.98 Å². The summed E-state index contributed by atoms with van der Waals surface area (Å²) in [6.07, 6.45) is 0.752. The summed E-state index contributed by atoms with van der Waals surface area (Å²) in [6.45, 7) is 3.80. The number of carbonyl (C=O) groups excluding carboxylic acids is 1. The molecule has 0 aromatic heterocycles. The van der Waals surface area contributed by atoms with Crippen molar-refractivity contribution in [2.75, 3.05) is 12.3 Å². The van der Waals surface area contributed by atoms with E-state index in [0.29, 0.717) is 12.2 Å². The molecular weight excluding hydrogens is 292 g/mol. The Hall–Kier alpha value is -2.11. The lowest BCUT2D eigenvalue weighted by Crippen LogP contribution is -2.45. The number of anilines is 1. The fourth-order valence-corrected chi connectivity index (χ4v) is 2.96. The zero-order valence-electron chi connectivity index (χ0n) is 11.9. The summed E-state index contributed by atoms with van der Waals surface area (Å²) in [4.78, 5) is 11.5. The third-order valence-corrected chi connectivity index (χ3v) is 4.29. The second kappa shape index (κ2) is 7.06. The van der Waals surface area contributed by atoms with E-state index in [4.69, 9.17) is 11.0 Å². The van der Waals surface area contributed by atoms with E-state index < -0.39 is 22.0 Å². The average Bonchev–Trinajstić information content (AvgIpc) is 2.43. The van der Waals surface area contributed by atoms with Crippen molar-refractivity contribution in [2.24, 2.45) is 0 Å². The first-order valence-electron chi connectivity index (χ1n) is 6.41. The first kappa shape index (κ1) is 16.9. The number of nitrogens with zero attached hydrogens (tertiary/aromatic N) is 1. The lowest BCUT2D eigenvalue weighted by atomic mass is 10.2. The van der Waals surface area contributed by atoms with E-state index in [9.17, 15) is 13.2 Å². The number of hydrogen-bond donors (Lipinski definition) is 3. The van der Waals surface area contributed by atoms with E-state index in [1.165, 1.54) is 25.1 Å². The van der Waals surface area contributed by atoms with Crippen molar-refractivity contribution in [2.45, 2.75) is 31.2 Å². The van der Waals surface area contributed by atoms with Crippen molar-refractivity contribution in [3.63, 3.8) is 0 Å². The van der Waals surface area contributed by atoms with Gasteiger partial charge in [-0.25, -0.2) is 8.42 Å². The Morgan fingerprint density at radius 2 is 2.14 bits per heavy atom. The van der Waals surface area contributed by atoms with Gasteiger partial charge in [-0.1, -0.05) is 6.92 Å². The smallest absolute Gasteiger partial charge is 0.242 e. The summed E-state index contributed by atoms with van der Waals surface area (Å²) in [5.41, 5.74) is 5.75. The maximum absolute atomic E-state index is 12.2. The van der Waals surface area contributed by atoms with E-state index in [0.717, 1.165) is 6.42 Å². The monoisotopic (exact) mass is 310 g/mol. The van der Waals surface area contributed by atoms with Gasteiger partial charge < -0.3 is 11.1 Å². The Kier molecular flexibility index (Phi) is 5.69. The summed E-state index contributed by atoms with van der Waals surface area (Å²) in [5.74, 6) is -0.422. The zero-order chi connectivity index (χ0) is 16.0. The molecule has 21 heavy (non-hydrogen) atoms. The largest absolute Gasteiger partial charge is 0.399 e. The van der Waals surface area contributed by atoms with Crippen molar-refractivity contribution >= 4 is 21.6 Å². The van der Waals surface area contributed by atoms with Crippen LogP contribution in [-0.2, 0) is 14.8 Å². The topological polar surface area (TPSA) is 125 Å². The molecule has 0 radical (unpaired) electrons. The maximum atomic E-state index is 12.2. The van der Waals surface area contributed by atoms with Crippen LogP contribution in [0.5, 0.6) is 0 Å². The molecular formula is C13H18N4O3S. The summed E-state index contributed by atoms with van der Waals surface area (Å²) < 4.78 is 26.7. The van der Waals surface area contributed by atoms with Crippen molar-refractivity contribution in [3.05, 3.63) is 23.8 Å². The second-order valence-corrected chi connectivity index (χ2v) is 6.18. The Morgan fingerprint density at radius 1 is 1.48 bits per heavy atom. The number of amides is 1. The van der Waals surface area contributed by atoms with Crippen molar-refractivity contribution < 1.29 is 13.2 Å². The van der Waals surface area contributed by atoms with Crippen LogP contribution in [-0.4, -0.2) is 26.9 Å². The van der Waals surface area contributed by atoms with Crippen molar-refractivity contribution in [3.8, 4) is 6.07 Å². The molecule has 0 fully saturated rings. The van der Waals surface area contributed by atoms with Crippen LogP contribution in [0.1, 0.15) is 25.8 Å². The van der Waals surface area contributed by atoms with Crippen molar-refractivity contribution in [1.82, 2.24) is 10.0 Å². The van der Waals surface area contributed by atoms with Gasteiger partial charge in [-0.05, 0) is 31.5 Å². The molecule has 0 aliphatic heterocycles. The molecule has 1 aromatic rings. The van der Waals surface area contributed by atoms with Gasteiger partial charge >= 0.3 is 0 Å². The number of sulfonamides is 1. The Balaban J connectivity index is 2.97. The molecule has 1 aromatic carbocycles. The highest BCUT2D eigenvalue weighted by Gasteiger charge is 2.24. The predicted octanol–water partition coefficient (Wildman–Crippen LogP) is 0.333. The van der Waals surface area contributed by atoms with E-state index in [1.54, 1.807) is 6.07 Å². The number of rotatable bonds is 6. The molecule has 7 nitrogen and oxygen atoms in total. The molecule has 1 atom stereocenters. The Morgan fingerprint density at radius 3 is 2.71 bits per heavy atom. The number of nitriles is 1. The Labute approximate surface area is 124 Å². The van der Waals surface area contributed by atoms with Crippen LogP contribution in [0.4, 0.5) is 5.69 Å². The number of carbonyl (C=O) groups is 1. The Bertz CT molecular complexity index is 664. The van der Waals surface area contributed by atoms with E-state index >= 15 is 0 Å². The summed E-state index contributed by atoms with van der Waals surface area (Å²) in [5, 5.41) is 11.6. The summed E-state index contributed by atoms with van der Waals surface area (Å²) in [6, 6.07) is 4.74. The normalized spacial score (nSPS) is 12.4. The molecule has 0 bridgehead atoms. The van der Waals surface area contributed by atoms with Crippen LogP contribution in [0.2, 0.25) is 0 Å². The van der Waals surface area contributed by atoms with Gasteiger partial charge in [-0.3, -0.25) is 4.79 Å². The van der Waals surface area contributed by atoms with Crippen LogP contribution < -0.4 is 15.8 Å². The zero-order valence-corrected chi connectivity index (χ0v) is 12.7. The predicted molar refractivity (Wildman–Crippen MR) is 78.7 cm³/mol. The molecule has 0 aliphatic carbocycles. The third kappa shape index (κ3) is 4.44. The van der Waals surface area contributed by atoms with E-state index in [1.807, 2.05) is 6.92 Å². The molecule has 1 unspecified atom stereocenters. The first-order chi connectivity index (χ1) is 9.81. The van der Waals surface area contributed by atoms with Crippen LogP contribution in [0.25, 0.3) is 0 Å². The van der Waals surface area contributed by atoms with Crippen LogP contribution >= 0.6 is 0 Å². The minimum absolute atomic E-state index is 0.0660. The third-order valence-electron chi connectivity index (χ3n) is 2.69. The number of nitrogens with one attached hydrogen (secondary N) is 2. The highest BCUT2D eigenvalue weighted by molar-refractivity contribution is 7.89. The number of benzene rings is 1. The lowest BCUT2D eigenvalue weighted by molar-refractivity contribution is -0.122. The summed E-state index contributed by atoms with van der Waals surface area (Å²) >= 11 is 0. The molecule has 4 N–H and O–H groups in total. The van der Waals surface area contributed by atoms with Gasteiger partial charge in [0.05, 0.1) is 16.5 Å². The van der Waals surface area contributed by atoms with Gasteiger partial charge in [0.25, 0.3) is 0 Å². The number of nitrogen functional groups attached to an aromatic ring is 1. The standard InChI is InChI=1S/C13H18N4O3S/c1-3-6-16-13(18)9(2)17-21(19,20)12-5-4-11(15)7-10(12)8-14/h4-5,7,9,17H,3,6,15H2,1-2H3,(H,16,18). The molecule has 1 rings (SSSR count).